The van der Waals surface area contributed by atoms with Gasteiger partial charge in [-0.15, -0.1) is 11.6 Å². The Morgan fingerprint density at radius 3 is 2.41 bits per heavy atom. The molecule has 1 rings (SSSR count). The lowest BCUT2D eigenvalue weighted by molar-refractivity contribution is -0.137. The lowest BCUT2D eigenvalue weighted by Gasteiger charge is -2.08. The van der Waals surface area contributed by atoms with Crippen molar-refractivity contribution < 1.29 is 22.4 Å². The molecule has 0 aromatic heterocycles. The highest BCUT2D eigenvalue weighted by Crippen LogP contribution is 2.30. The summed E-state index contributed by atoms with van der Waals surface area (Å²) in [5, 5.41) is 0. The number of carbonyl (C=O) groups excluding carboxylic acids is 1. The van der Waals surface area contributed by atoms with Crippen molar-refractivity contribution >= 4 is 17.4 Å². The third-order valence-electron chi connectivity index (χ3n) is 2.08. The Morgan fingerprint density at radius 1 is 1.24 bits per heavy atom. The van der Waals surface area contributed by atoms with E-state index in [0.717, 1.165) is 6.07 Å². The summed E-state index contributed by atoms with van der Waals surface area (Å²) in [7, 11) is 0. The van der Waals surface area contributed by atoms with Crippen LogP contribution in [-0.4, -0.2) is 11.7 Å². The Labute approximate surface area is 100 Å². The van der Waals surface area contributed by atoms with Crippen LogP contribution in [0.4, 0.5) is 17.6 Å². The second-order valence-electron chi connectivity index (χ2n) is 3.44. The van der Waals surface area contributed by atoms with Gasteiger partial charge in [0.1, 0.15) is 5.82 Å². The first-order valence-corrected chi connectivity index (χ1v) is 5.35. The van der Waals surface area contributed by atoms with Gasteiger partial charge >= 0.3 is 6.18 Å². The zero-order valence-electron chi connectivity index (χ0n) is 8.65. The van der Waals surface area contributed by atoms with Gasteiger partial charge in [-0.2, -0.15) is 13.2 Å². The molecule has 17 heavy (non-hydrogen) atoms. The Morgan fingerprint density at radius 2 is 1.88 bits per heavy atom. The molecule has 0 radical (unpaired) electrons. The number of Topliss-reactive ketones (excluding diaryl/α,β-unsaturated/α-hetero) is 1. The van der Waals surface area contributed by atoms with Crippen LogP contribution >= 0.6 is 11.6 Å². The van der Waals surface area contributed by atoms with Crippen molar-refractivity contribution in [2.75, 3.05) is 5.88 Å². The second kappa shape index (κ2) is 5.49. The van der Waals surface area contributed by atoms with Gasteiger partial charge < -0.3 is 0 Å². The van der Waals surface area contributed by atoms with E-state index < -0.39 is 23.3 Å². The van der Waals surface area contributed by atoms with Crippen LogP contribution in [0.15, 0.2) is 18.2 Å². The van der Waals surface area contributed by atoms with Gasteiger partial charge in [0.05, 0.1) is 5.56 Å². The van der Waals surface area contributed by atoms with E-state index in [9.17, 15) is 22.4 Å². The summed E-state index contributed by atoms with van der Waals surface area (Å²) in [6.45, 7) is 0. The fourth-order valence-electron chi connectivity index (χ4n) is 1.29. The molecule has 1 aromatic rings. The van der Waals surface area contributed by atoms with Crippen molar-refractivity contribution in [3.05, 3.63) is 35.1 Å². The van der Waals surface area contributed by atoms with Crippen molar-refractivity contribution in [2.45, 2.75) is 19.0 Å². The molecule has 0 amide bonds. The maximum atomic E-state index is 13.0. The van der Waals surface area contributed by atoms with Gasteiger partial charge in [-0.05, 0) is 24.6 Å². The predicted octanol–water partition coefficient (Wildman–Crippen LogP) is 4.05. The predicted molar refractivity (Wildman–Crippen MR) is 55.7 cm³/mol. The summed E-state index contributed by atoms with van der Waals surface area (Å²) in [4.78, 5) is 11.4. The van der Waals surface area contributed by atoms with Gasteiger partial charge in [-0.25, -0.2) is 4.39 Å². The van der Waals surface area contributed by atoms with E-state index in [4.69, 9.17) is 11.6 Å². The fraction of sp³-hybridized carbons (Fsp3) is 0.364. The van der Waals surface area contributed by atoms with E-state index in [1.54, 1.807) is 0 Å². The van der Waals surface area contributed by atoms with Gasteiger partial charge in [-0.3, -0.25) is 4.79 Å². The molecule has 0 saturated carbocycles. The van der Waals surface area contributed by atoms with Crippen molar-refractivity contribution in [3.63, 3.8) is 0 Å². The fourth-order valence-corrected chi connectivity index (χ4v) is 1.42. The first-order valence-electron chi connectivity index (χ1n) is 4.81. The summed E-state index contributed by atoms with van der Waals surface area (Å²) < 4.78 is 50.1. The minimum absolute atomic E-state index is 0.00422. The van der Waals surface area contributed by atoms with Gasteiger partial charge in [0.15, 0.2) is 5.78 Å². The zero-order chi connectivity index (χ0) is 13.1. The number of hydrogen-bond acceptors (Lipinski definition) is 1. The number of benzene rings is 1. The standard InChI is InChI=1S/C11H9ClF4O/c12-3-1-2-10(17)7-4-8(11(14,15)16)6-9(13)5-7/h4-6H,1-3H2. The molecule has 0 heterocycles. The highest BCUT2D eigenvalue weighted by Gasteiger charge is 2.31. The summed E-state index contributed by atoms with van der Waals surface area (Å²) >= 11 is 5.36. The molecule has 0 N–H and O–H groups in total. The molecule has 6 heteroatoms. The topological polar surface area (TPSA) is 17.1 Å². The average Bonchev–Trinajstić information content (AvgIpc) is 2.23. The van der Waals surface area contributed by atoms with E-state index in [1.165, 1.54) is 0 Å². The average molecular weight is 269 g/mol. The molecule has 94 valence electrons. The van der Waals surface area contributed by atoms with Crippen LogP contribution in [0.1, 0.15) is 28.8 Å². The van der Waals surface area contributed by atoms with Gasteiger partial charge in [0.2, 0.25) is 0 Å². The van der Waals surface area contributed by atoms with E-state index in [-0.39, 0.29) is 17.9 Å². The number of rotatable bonds is 4. The smallest absolute Gasteiger partial charge is 0.294 e. The van der Waals surface area contributed by atoms with Crippen LogP contribution in [0.25, 0.3) is 0 Å². The van der Waals surface area contributed by atoms with E-state index in [0.29, 0.717) is 18.6 Å². The number of ketones is 1. The molecule has 0 saturated heterocycles. The van der Waals surface area contributed by atoms with E-state index in [1.807, 2.05) is 0 Å². The first-order chi connectivity index (χ1) is 7.84. The largest absolute Gasteiger partial charge is 0.416 e. The molecule has 0 fully saturated rings. The minimum Gasteiger partial charge on any atom is -0.294 e. The van der Waals surface area contributed by atoms with Crippen LogP contribution in [0.2, 0.25) is 0 Å². The van der Waals surface area contributed by atoms with Crippen LogP contribution in [0.3, 0.4) is 0 Å². The van der Waals surface area contributed by atoms with Crippen LogP contribution in [-0.2, 0) is 6.18 Å². The lowest BCUT2D eigenvalue weighted by atomic mass is 10.0. The Balaban J connectivity index is 3.01. The van der Waals surface area contributed by atoms with Crippen molar-refractivity contribution in [2.24, 2.45) is 0 Å². The van der Waals surface area contributed by atoms with Crippen molar-refractivity contribution in [1.29, 1.82) is 0 Å². The van der Waals surface area contributed by atoms with Gasteiger partial charge in [-0.1, -0.05) is 0 Å². The quantitative estimate of drug-likeness (QED) is 0.457. The SMILES string of the molecule is O=C(CCCCl)c1cc(F)cc(C(F)(F)F)c1. The molecule has 0 atom stereocenters. The molecule has 0 aliphatic carbocycles. The molecule has 0 aliphatic heterocycles. The van der Waals surface area contributed by atoms with Crippen molar-refractivity contribution in [3.8, 4) is 0 Å². The number of carbonyl (C=O) groups is 1. The molecule has 1 nitrogen and oxygen atoms in total. The molecule has 0 bridgehead atoms. The highest BCUT2D eigenvalue weighted by atomic mass is 35.5. The molecular formula is C11H9ClF4O. The number of hydrogen-bond donors (Lipinski definition) is 0. The Kier molecular flexibility index (Phi) is 4.51. The van der Waals surface area contributed by atoms with Crippen LogP contribution in [0.5, 0.6) is 0 Å². The highest BCUT2D eigenvalue weighted by molar-refractivity contribution is 6.18. The molecule has 0 unspecified atom stereocenters. The van der Waals surface area contributed by atoms with Crippen molar-refractivity contribution in [1.82, 2.24) is 0 Å². The maximum Gasteiger partial charge on any atom is 0.416 e. The third kappa shape index (κ3) is 4.00. The molecule has 0 aliphatic rings. The summed E-state index contributed by atoms with van der Waals surface area (Å²) in [5.41, 5.74) is -1.44. The molecular weight excluding hydrogens is 260 g/mol. The summed E-state index contributed by atoms with van der Waals surface area (Å²) in [6, 6.07) is 1.81. The van der Waals surface area contributed by atoms with Gasteiger partial charge in [0.25, 0.3) is 0 Å². The van der Waals surface area contributed by atoms with E-state index in [2.05, 4.69) is 0 Å². The normalized spacial score (nSPS) is 11.6. The lowest BCUT2D eigenvalue weighted by Crippen LogP contribution is -2.08. The maximum absolute atomic E-state index is 13.0. The zero-order valence-corrected chi connectivity index (χ0v) is 9.41. The number of halogens is 5. The third-order valence-corrected chi connectivity index (χ3v) is 2.35. The monoisotopic (exact) mass is 268 g/mol. The summed E-state index contributed by atoms with van der Waals surface area (Å²) in [6.07, 6.45) is -4.31. The Hall–Kier alpha value is -1.10. The molecule has 1 aromatic carbocycles. The summed E-state index contributed by atoms with van der Waals surface area (Å²) in [5.74, 6) is -1.39. The van der Waals surface area contributed by atoms with E-state index >= 15 is 0 Å². The second-order valence-corrected chi connectivity index (χ2v) is 3.82. The number of alkyl halides is 4. The van der Waals surface area contributed by atoms with Crippen LogP contribution < -0.4 is 0 Å². The minimum atomic E-state index is -4.66. The Bertz CT molecular complexity index is 414. The van der Waals surface area contributed by atoms with Crippen LogP contribution in [0, 0.1) is 5.82 Å². The first kappa shape index (κ1) is 14.0. The van der Waals surface area contributed by atoms with Gasteiger partial charge in [0, 0.05) is 17.9 Å². The molecule has 0 spiro atoms.